The summed E-state index contributed by atoms with van der Waals surface area (Å²) in [4.78, 5) is 4.45. The molecule has 0 aliphatic rings. The molecule has 0 aliphatic heterocycles. The van der Waals surface area contributed by atoms with Crippen LogP contribution in [-0.4, -0.2) is 29.7 Å². The van der Waals surface area contributed by atoms with Crippen molar-refractivity contribution < 1.29 is 12.8 Å². The highest BCUT2D eigenvalue weighted by molar-refractivity contribution is 7.89. The first kappa shape index (κ1) is 16.4. The molecule has 7 nitrogen and oxygen atoms in total. The Bertz CT molecular complexity index is 884. The van der Waals surface area contributed by atoms with E-state index in [4.69, 9.17) is 4.42 Å². The van der Waals surface area contributed by atoms with E-state index < -0.39 is 10.0 Å². The molecule has 0 unspecified atom stereocenters. The zero-order valence-corrected chi connectivity index (χ0v) is 14.0. The predicted octanol–water partition coefficient (Wildman–Crippen LogP) is 2.22. The van der Waals surface area contributed by atoms with Crippen molar-refractivity contribution in [3.63, 3.8) is 0 Å². The van der Waals surface area contributed by atoms with Crippen LogP contribution in [0.5, 0.6) is 0 Å². The first-order chi connectivity index (χ1) is 11.5. The number of hydrogen-bond acceptors (Lipinski definition) is 5. The summed E-state index contributed by atoms with van der Waals surface area (Å²) in [7, 11) is -3.52. The molecule has 3 rings (SSSR count). The molecule has 1 N–H and O–H groups in total. The molecule has 0 atom stereocenters. The van der Waals surface area contributed by atoms with E-state index in [2.05, 4.69) is 14.8 Å². The lowest BCUT2D eigenvalue weighted by Gasteiger charge is -2.07. The van der Waals surface area contributed by atoms with Gasteiger partial charge in [0.25, 0.3) is 0 Å². The van der Waals surface area contributed by atoms with Gasteiger partial charge in [0.15, 0.2) is 5.89 Å². The molecule has 0 radical (unpaired) electrons. The Balaban J connectivity index is 1.59. The summed E-state index contributed by atoms with van der Waals surface area (Å²) in [6, 6.07) is 8.40. The fourth-order valence-corrected chi connectivity index (χ4v) is 3.34. The quantitative estimate of drug-likeness (QED) is 0.663. The number of sulfonamides is 1. The number of aromatic nitrogens is 3. The molecular formula is C16H18N4O3S. The average molecular weight is 346 g/mol. The lowest BCUT2D eigenvalue weighted by Crippen LogP contribution is -2.25. The molecule has 8 heteroatoms. The first-order valence-corrected chi connectivity index (χ1v) is 9.02. The summed E-state index contributed by atoms with van der Waals surface area (Å²) in [5.74, 6) is 0.570. The van der Waals surface area contributed by atoms with Crippen LogP contribution in [0.2, 0.25) is 0 Å². The SMILES string of the molecule is Cc1nc(-c2ccc(S(=O)(=O)NCCCn3cccn3)cc2)co1. The molecule has 24 heavy (non-hydrogen) atoms. The summed E-state index contributed by atoms with van der Waals surface area (Å²) in [6.45, 7) is 2.78. The molecular weight excluding hydrogens is 328 g/mol. The van der Waals surface area contributed by atoms with Gasteiger partial charge < -0.3 is 4.42 Å². The minimum Gasteiger partial charge on any atom is -0.449 e. The van der Waals surface area contributed by atoms with Crippen LogP contribution < -0.4 is 4.72 Å². The van der Waals surface area contributed by atoms with E-state index in [1.54, 1.807) is 48.3 Å². The number of benzene rings is 1. The van der Waals surface area contributed by atoms with Crippen LogP contribution in [0.25, 0.3) is 11.3 Å². The fourth-order valence-electron chi connectivity index (χ4n) is 2.26. The van der Waals surface area contributed by atoms with Crippen LogP contribution in [-0.2, 0) is 16.6 Å². The van der Waals surface area contributed by atoms with Crippen LogP contribution in [0, 0.1) is 6.92 Å². The number of hydrogen-bond donors (Lipinski definition) is 1. The van der Waals surface area contributed by atoms with Crippen LogP contribution in [0.3, 0.4) is 0 Å². The normalized spacial score (nSPS) is 11.7. The van der Waals surface area contributed by atoms with E-state index in [-0.39, 0.29) is 4.90 Å². The number of aryl methyl sites for hydroxylation is 2. The maximum Gasteiger partial charge on any atom is 0.240 e. The molecule has 0 saturated carbocycles. The second-order valence-corrected chi connectivity index (χ2v) is 7.06. The number of nitrogens with one attached hydrogen (secondary N) is 1. The molecule has 3 aromatic rings. The maximum atomic E-state index is 12.3. The lowest BCUT2D eigenvalue weighted by molar-refractivity contribution is 0.521. The van der Waals surface area contributed by atoms with Crippen LogP contribution in [0.15, 0.2) is 58.3 Å². The highest BCUT2D eigenvalue weighted by atomic mass is 32.2. The smallest absolute Gasteiger partial charge is 0.240 e. The third kappa shape index (κ3) is 3.90. The Morgan fingerprint density at radius 3 is 2.67 bits per heavy atom. The summed E-state index contributed by atoms with van der Waals surface area (Å²) < 4.78 is 34.1. The Morgan fingerprint density at radius 2 is 2.04 bits per heavy atom. The first-order valence-electron chi connectivity index (χ1n) is 7.54. The van der Waals surface area contributed by atoms with Crippen LogP contribution >= 0.6 is 0 Å². The molecule has 0 fully saturated rings. The van der Waals surface area contributed by atoms with Gasteiger partial charge in [-0.25, -0.2) is 18.1 Å². The largest absolute Gasteiger partial charge is 0.449 e. The van der Waals surface area contributed by atoms with E-state index in [1.165, 1.54) is 0 Å². The third-order valence-electron chi connectivity index (χ3n) is 3.49. The number of nitrogens with zero attached hydrogens (tertiary/aromatic N) is 3. The minimum absolute atomic E-state index is 0.227. The molecule has 0 spiro atoms. The molecule has 0 amide bonds. The van der Waals surface area contributed by atoms with Crippen molar-refractivity contribution in [1.82, 2.24) is 19.5 Å². The van der Waals surface area contributed by atoms with Crippen molar-refractivity contribution in [1.29, 1.82) is 0 Å². The van der Waals surface area contributed by atoms with Gasteiger partial charge >= 0.3 is 0 Å². The molecule has 2 heterocycles. The van der Waals surface area contributed by atoms with Gasteiger partial charge in [-0.3, -0.25) is 4.68 Å². The molecule has 1 aromatic carbocycles. The molecule has 0 saturated heterocycles. The van der Waals surface area contributed by atoms with Crippen molar-refractivity contribution in [3.05, 3.63) is 54.9 Å². The van der Waals surface area contributed by atoms with Gasteiger partial charge in [0, 0.05) is 38.0 Å². The van der Waals surface area contributed by atoms with E-state index in [0.29, 0.717) is 31.1 Å². The summed E-state index contributed by atoms with van der Waals surface area (Å²) in [5.41, 5.74) is 1.49. The molecule has 2 aromatic heterocycles. The zero-order chi connectivity index (χ0) is 17.0. The third-order valence-corrected chi connectivity index (χ3v) is 4.97. The molecule has 0 bridgehead atoms. The second kappa shape index (κ2) is 6.98. The molecule has 0 aliphatic carbocycles. The van der Waals surface area contributed by atoms with Crippen molar-refractivity contribution in [2.45, 2.75) is 24.8 Å². The van der Waals surface area contributed by atoms with E-state index in [0.717, 1.165) is 5.56 Å². The fraction of sp³-hybridized carbons (Fsp3) is 0.250. The van der Waals surface area contributed by atoms with E-state index in [1.807, 2.05) is 12.3 Å². The Hall–Kier alpha value is -2.45. The van der Waals surface area contributed by atoms with Gasteiger partial charge in [-0.2, -0.15) is 5.10 Å². The average Bonchev–Trinajstić information content (AvgIpc) is 3.23. The monoisotopic (exact) mass is 346 g/mol. The highest BCUT2D eigenvalue weighted by Gasteiger charge is 2.13. The highest BCUT2D eigenvalue weighted by Crippen LogP contribution is 2.20. The number of rotatable bonds is 7. The van der Waals surface area contributed by atoms with Gasteiger partial charge in [-0.05, 0) is 24.6 Å². The van der Waals surface area contributed by atoms with Crippen molar-refractivity contribution in [2.24, 2.45) is 0 Å². The van der Waals surface area contributed by atoms with E-state index in [9.17, 15) is 8.42 Å². The van der Waals surface area contributed by atoms with Crippen molar-refractivity contribution >= 4 is 10.0 Å². The van der Waals surface area contributed by atoms with Gasteiger partial charge in [0.1, 0.15) is 12.0 Å². The van der Waals surface area contributed by atoms with Crippen LogP contribution in [0.4, 0.5) is 0 Å². The Labute approximate surface area is 140 Å². The topological polar surface area (TPSA) is 90.0 Å². The van der Waals surface area contributed by atoms with Gasteiger partial charge in [-0.15, -0.1) is 0 Å². The van der Waals surface area contributed by atoms with Gasteiger partial charge in [-0.1, -0.05) is 12.1 Å². The Kier molecular flexibility index (Phi) is 4.77. The minimum atomic E-state index is -3.52. The number of oxazole rings is 1. The summed E-state index contributed by atoms with van der Waals surface area (Å²) >= 11 is 0. The van der Waals surface area contributed by atoms with Gasteiger partial charge in [0.2, 0.25) is 10.0 Å². The maximum absolute atomic E-state index is 12.3. The lowest BCUT2D eigenvalue weighted by atomic mass is 10.2. The Morgan fingerprint density at radius 1 is 1.25 bits per heavy atom. The van der Waals surface area contributed by atoms with Gasteiger partial charge in [0.05, 0.1) is 4.90 Å². The predicted molar refractivity (Wildman–Crippen MR) is 88.7 cm³/mol. The summed E-state index contributed by atoms with van der Waals surface area (Å²) in [6.07, 6.45) is 5.75. The van der Waals surface area contributed by atoms with Crippen molar-refractivity contribution in [2.75, 3.05) is 6.54 Å². The summed E-state index contributed by atoms with van der Waals surface area (Å²) in [5, 5.41) is 4.07. The molecule has 126 valence electrons. The second-order valence-electron chi connectivity index (χ2n) is 5.30. The van der Waals surface area contributed by atoms with Crippen LogP contribution in [0.1, 0.15) is 12.3 Å². The van der Waals surface area contributed by atoms with E-state index >= 15 is 0 Å². The standard InChI is InChI=1S/C16H18N4O3S/c1-13-19-16(12-23-13)14-4-6-15(7-5-14)24(21,22)18-9-3-11-20-10-2-8-17-20/h2,4-8,10,12,18H,3,9,11H2,1H3. The van der Waals surface area contributed by atoms with Crippen molar-refractivity contribution in [3.8, 4) is 11.3 Å². The zero-order valence-electron chi connectivity index (χ0n) is 13.2.